The molecule has 7 heteroatoms. The molecule has 1 aliphatic heterocycles. The summed E-state index contributed by atoms with van der Waals surface area (Å²) < 4.78 is 23.9. The van der Waals surface area contributed by atoms with Gasteiger partial charge < -0.3 is 19.4 Å². The van der Waals surface area contributed by atoms with Crippen LogP contribution in [0.4, 0.5) is 15.8 Å². The quantitative estimate of drug-likeness (QED) is 0.674. The zero-order chi connectivity index (χ0) is 20.2. The Kier molecular flexibility index (Phi) is 5.29. The van der Waals surface area contributed by atoms with Crippen LogP contribution in [0.1, 0.15) is 29.2 Å². The molecule has 1 aromatic heterocycles. The third-order valence-electron chi connectivity index (χ3n) is 4.59. The molecule has 0 aliphatic carbocycles. The molecule has 1 aliphatic rings. The number of halogens is 1. The Labute approximate surface area is 166 Å². The number of ether oxygens (including phenoxy) is 1. The van der Waals surface area contributed by atoms with Gasteiger partial charge in [0.25, 0.3) is 5.91 Å². The van der Waals surface area contributed by atoms with Crippen LogP contribution in [0.25, 0.3) is 0 Å². The molecule has 0 radical (unpaired) electrons. The van der Waals surface area contributed by atoms with Gasteiger partial charge in [0.05, 0.1) is 0 Å². The van der Waals surface area contributed by atoms with Crippen LogP contribution in [0.2, 0.25) is 0 Å². The first-order valence-electron chi connectivity index (χ1n) is 9.27. The van der Waals surface area contributed by atoms with Crippen molar-refractivity contribution in [3.05, 3.63) is 78.0 Å². The van der Waals surface area contributed by atoms with Crippen molar-refractivity contribution >= 4 is 23.2 Å². The maximum absolute atomic E-state index is 12.9. The highest BCUT2D eigenvalue weighted by Crippen LogP contribution is 2.23. The lowest BCUT2D eigenvalue weighted by atomic mass is 10.2. The largest absolute Gasteiger partial charge is 0.486 e. The molecule has 6 nitrogen and oxygen atoms in total. The highest BCUT2D eigenvalue weighted by molar-refractivity contribution is 6.02. The first-order valence-corrected chi connectivity index (χ1v) is 9.27. The molecule has 2 aromatic carbocycles. The Balaban J connectivity index is 1.34. The lowest BCUT2D eigenvalue weighted by Gasteiger charge is -2.16. The van der Waals surface area contributed by atoms with Gasteiger partial charge in [-0.25, -0.2) is 4.39 Å². The summed E-state index contributed by atoms with van der Waals surface area (Å²) in [6.45, 7) is 0.844. The lowest BCUT2D eigenvalue weighted by Crippen LogP contribution is -2.23. The van der Waals surface area contributed by atoms with E-state index in [4.69, 9.17) is 9.15 Å². The second-order valence-electron chi connectivity index (χ2n) is 6.66. The Morgan fingerprint density at radius 2 is 1.83 bits per heavy atom. The van der Waals surface area contributed by atoms with Gasteiger partial charge in [-0.15, -0.1) is 0 Å². The van der Waals surface area contributed by atoms with Crippen LogP contribution in [-0.2, 0) is 11.4 Å². The summed E-state index contributed by atoms with van der Waals surface area (Å²) in [4.78, 5) is 25.9. The van der Waals surface area contributed by atoms with Crippen LogP contribution in [0.15, 0.2) is 65.1 Å². The van der Waals surface area contributed by atoms with Crippen LogP contribution in [0.5, 0.6) is 5.75 Å². The van der Waals surface area contributed by atoms with Crippen LogP contribution in [-0.4, -0.2) is 18.4 Å². The highest BCUT2D eigenvalue weighted by Gasteiger charge is 2.21. The van der Waals surface area contributed by atoms with Crippen molar-refractivity contribution in [1.29, 1.82) is 0 Å². The number of furan rings is 1. The van der Waals surface area contributed by atoms with Gasteiger partial charge in [-0.05, 0) is 67.1 Å². The molecular formula is C22H19FN2O4. The maximum atomic E-state index is 12.9. The van der Waals surface area contributed by atoms with E-state index >= 15 is 0 Å². The summed E-state index contributed by atoms with van der Waals surface area (Å²) in [5, 5.41) is 2.76. The molecule has 0 spiro atoms. The summed E-state index contributed by atoms with van der Waals surface area (Å²) in [6, 6.07) is 16.0. The topological polar surface area (TPSA) is 71.8 Å². The summed E-state index contributed by atoms with van der Waals surface area (Å²) in [6.07, 6.45) is 1.44. The molecule has 0 bridgehead atoms. The molecule has 148 valence electrons. The summed E-state index contributed by atoms with van der Waals surface area (Å²) >= 11 is 0. The molecular weight excluding hydrogens is 375 g/mol. The summed E-state index contributed by atoms with van der Waals surface area (Å²) in [7, 11) is 0. The number of anilines is 2. The lowest BCUT2D eigenvalue weighted by molar-refractivity contribution is -0.117. The molecule has 29 heavy (non-hydrogen) atoms. The summed E-state index contributed by atoms with van der Waals surface area (Å²) in [5.74, 6) is 0.527. The van der Waals surface area contributed by atoms with Crippen LogP contribution in [0, 0.1) is 5.82 Å². The zero-order valence-electron chi connectivity index (χ0n) is 15.6. The van der Waals surface area contributed by atoms with Crippen molar-refractivity contribution in [2.45, 2.75) is 19.4 Å². The third-order valence-corrected chi connectivity index (χ3v) is 4.59. The second kappa shape index (κ2) is 8.18. The average molecular weight is 394 g/mol. The van der Waals surface area contributed by atoms with Gasteiger partial charge in [-0.1, -0.05) is 0 Å². The molecule has 0 saturated carbocycles. The first-order chi connectivity index (χ1) is 14.1. The van der Waals surface area contributed by atoms with Gasteiger partial charge in [0.15, 0.2) is 5.76 Å². The minimum Gasteiger partial charge on any atom is -0.486 e. The first kappa shape index (κ1) is 18.7. The molecule has 2 amide bonds. The van der Waals surface area contributed by atoms with E-state index in [1.54, 1.807) is 29.2 Å². The van der Waals surface area contributed by atoms with Crippen LogP contribution >= 0.6 is 0 Å². The van der Waals surface area contributed by atoms with E-state index in [-0.39, 0.29) is 30.0 Å². The number of carbonyl (C=O) groups excluding carboxylic acids is 2. The number of nitrogens with one attached hydrogen (secondary N) is 1. The normalized spacial score (nSPS) is 13.6. The van der Waals surface area contributed by atoms with E-state index in [0.717, 1.165) is 18.7 Å². The van der Waals surface area contributed by atoms with Crippen molar-refractivity contribution < 1.29 is 23.1 Å². The van der Waals surface area contributed by atoms with Gasteiger partial charge in [0.1, 0.15) is 23.9 Å². The van der Waals surface area contributed by atoms with Gasteiger partial charge in [0, 0.05) is 24.3 Å². The summed E-state index contributed by atoms with van der Waals surface area (Å²) in [5.41, 5.74) is 1.43. The number of carbonyl (C=O) groups is 2. The highest BCUT2D eigenvalue weighted by atomic mass is 19.1. The number of amides is 2. The Morgan fingerprint density at radius 1 is 1.07 bits per heavy atom. The van der Waals surface area contributed by atoms with E-state index in [1.807, 2.05) is 12.1 Å². The van der Waals surface area contributed by atoms with Gasteiger partial charge in [0.2, 0.25) is 5.91 Å². The maximum Gasteiger partial charge on any atom is 0.291 e. The van der Waals surface area contributed by atoms with Crippen molar-refractivity contribution in [3.63, 3.8) is 0 Å². The number of benzene rings is 2. The van der Waals surface area contributed by atoms with E-state index in [2.05, 4.69) is 5.32 Å². The second-order valence-corrected chi connectivity index (χ2v) is 6.66. The van der Waals surface area contributed by atoms with Crippen LogP contribution in [0.3, 0.4) is 0 Å². The molecule has 0 unspecified atom stereocenters. The molecule has 1 N–H and O–H groups in total. The van der Waals surface area contributed by atoms with Crippen molar-refractivity contribution in [2.75, 3.05) is 16.8 Å². The number of nitrogens with zero attached hydrogens (tertiary/aromatic N) is 1. The third kappa shape index (κ3) is 4.45. The number of hydrogen-bond donors (Lipinski definition) is 1. The van der Waals surface area contributed by atoms with Crippen LogP contribution < -0.4 is 15.0 Å². The van der Waals surface area contributed by atoms with Gasteiger partial charge in [-0.3, -0.25) is 9.59 Å². The monoisotopic (exact) mass is 394 g/mol. The molecule has 3 aromatic rings. The SMILES string of the molecule is O=C(Nc1ccc(N2CCCC2=O)cc1)c1ccc(COc2ccc(F)cc2)o1. The fourth-order valence-electron chi connectivity index (χ4n) is 3.10. The fourth-order valence-corrected chi connectivity index (χ4v) is 3.10. The number of hydrogen-bond acceptors (Lipinski definition) is 4. The van der Waals surface area contributed by atoms with Gasteiger partial charge in [-0.2, -0.15) is 0 Å². The minimum atomic E-state index is -0.386. The van der Waals surface area contributed by atoms with Gasteiger partial charge >= 0.3 is 0 Å². The average Bonchev–Trinajstić information content (AvgIpc) is 3.37. The van der Waals surface area contributed by atoms with Crippen molar-refractivity contribution in [3.8, 4) is 5.75 Å². The number of rotatable bonds is 6. The predicted octanol–water partition coefficient (Wildman–Crippen LogP) is 4.38. The fraction of sp³-hybridized carbons (Fsp3) is 0.182. The van der Waals surface area contributed by atoms with Crippen molar-refractivity contribution in [2.24, 2.45) is 0 Å². The zero-order valence-corrected chi connectivity index (χ0v) is 15.6. The molecule has 2 heterocycles. The van der Waals surface area contributed by atoms with Crippen molar-refractivity contribution in [1.82, 2.24) is 0 Å². The Morgan fingerprint density at radius 3 is 2.52 bits per heavy atom. The Bertz CT molecular complexity index is 1010. The van der Waals surface area contributed by atoms with E-state index in [0.29, 0.717) is 23.6 Å². The minimum absolute atomic E-state index is 0.118. The molecule has 1 fully saturated rings. The standard InChI is InChI=1S/C22H19FN2O4/c23-15-3-9-18(10-4-15)28-14-19-11-12-20(29-19)22(27)24-16-5-7-17(8-6-16)25-13-1-2-21(25)26/h3-12H,1-2,13-14H2,(H,24,27). The predicted molar refractivity (Wildman–Crippen MR) is 105 cm³/mol. The van der Waals surface area contributed by atoms with E-state index in [1.165, 1.54) is 24.3 Å². The van der Waals surface area contributed by atoms with E-state index in [9.17, 15) is 14.0 Å². The molecule has 4 rings (SSSR count). The van der Waals surface area contributed by atoms with E-state index < -0.39 is 0 Å². The smallest absolute Gasteiger partial charge is 0.291 e. The Hall–Kier alpha value is -3.61. The molecule has 0 atom stereocenters. The molecule has 1 saturated heterocycles.